The lowest BCUT2D eigenvalue weighted by Gasteiger charge is -2.53. The van der Waals surface area contributed by atoms with Gasteiger partial charge in [0.1, 0.15) is 6.07 Å². The van der Waals surface area contributed by atoms with E-state index in [-0.39, 0.29) is 16.9 Å². The molecular formula is C28H37N3O2. The minimum Gasteiger partial charge on any atom is -0.370 e. The summed E-state index contributed by atoms with van der Waals surface area (Å²) in [6, 6.07) is 2.12. The monoisotopic (exact) mass is 447 g/mol. The van der Waals surface area contributed by atoms with E-state index in [1.54, 1.807) is 17.1 Å². The number of hydrogen-bond donors (Lipinski definition) is 0. The number of nitrogens with zero attached hydrogens (tertiary/aromatic N) is 3. The predicted molar refractivity (Wildman–Crippen MR) is 123 cm³/mol. The second kappa shape index (κ2) is 6.51. The number of ketones is 1. The fraction of sp³-hybridized carbons (Fsp3) is 0.821. The molecule has 6 aliphatic rings. The van der Waals surface area contributed by atoms with Gasteiger partial charge < -0.3 is 4.74 Å². The van der Waals surface area contributed by atoms with Crippen LogP contribution >= 0.6 is 0 Å². The largest absolute Gasteiger partial charge is 0.370 e. The number of Topliss-reactive ketones (excluding diaryl/α,β-unsaturated/α-hetero) is 1. The maximum Gasteiger partial charge on any atom is 0.157 e. The van der Waals surface area contributed by atoms with Crippen molar-refractivity contribution < 1.29 is 9.53 Å². The van der Waals surface area contributed by atoms with Crippen LogP contribution in [-0.2, 0) is 16.1 Å². The lowest BCUT2D eigenvalue weighted by molar-refractivity contribution is -0.164. The van der Waals surface area contributed by atoms with Crippen LogP contribution in [0.4, 0.5) is 0 Å². The number of nitriles is 1. The Morgan fingerprint density at radius 3 is 2.82 bits per heavy atom. The fourth-order valence-electron chi connectivity index (χ4n) is 10.9. The van der Waals surface area contributed by atoms with Crippen molar-refractivity contribution >= 4 is 5.78 Å². The number of rotatable bonds is 3. The Hall–Kier alpha value is -1.67. The molecule has 2 spiro atoms. The molecule has 11 atom stereocenters. The molecule has 0 amide bonds. The molecule has 33 heavy (non-hydrogen) atoms. The summed E-state index contributed by atoms with van der Waals surface area (Å²) < 4.78 is 8.73. The van der Waals surface area contributed by atoms with Crippen LogP contribution in [0, 0.1) is 63.6 Å². The smallest absolute Gasteiger partial charge is 0.157 e. The average molecular weight is 448 g/mol. The van der Waals surface area contributed by atoms with Gasteiger partial charge in [0.2, 0.25) is 0 Å². The SMILES string of the molecule is CC1CCC23C(C1)C1CC4C5CCC(C(=O)Cn6cc(C#N)cn6)C5(C)CCC4C2(O1)C3C. The molecule has 5 nitrogen and oxygen atoms in total. The predicted octanol–water partition coefficient (Wildman–Crippen LogP) is 5.00. The molecule has 5 heteroatoms. The van der Waals surface area contributed by atoms with Crippen molar-refractivity contribution in [2.75, 3.05) is 0 Å². The van der Waals surface area contributed by atoms with Crippen LogP contribution in [0.1, 0.15) is 77.7 Å². The van der Waals surface area contributed by atoms with Crippen LogP contribution in [-0.4, -0.2) is 27.3 Å². The van der Waals surface area contributed by atoms with E-state index in [1.807, 2.05) is 0 Å². The van der Waals surface area contributed by atoms with Gasteiger partial charge in [0, 0.05) is 17.5 Å². The van der Waals surface area contributed by atoms with Crippen LogP contribution in [0.5, 0.6) is 0 Å². The summed E-state index contributed by atoms with van der Waals surface area (Å²) in [5, 5.41) is 13.3. The molecule has 0 radical (unpaired) electrons. The number of aromatic nitrogens is 2. The summed E-state index contributed by atoms with van der Waals surface area (Å²) in [7, 11) is 0. The zero-order valence-electron chi connectivity index (χ0n) is 20.3. The molecular weight excluding hydrogens is 410 g/mol. The van der Waals surface area contributed by atoms with Gasteiger partial charge in [-0.3, -0.25) is 9.48 Å². The molecule has 4 saturated carbocycles. The molecule has 176 valence electrons. The average Bonchev–Trinajstić information content (AvgIpc) is 3.24. The molecule has 11 unspecified atom stereocenters. The highest BCUT2D eigenvalue weighted by atomic mass is 16.5. The van der Waals surface area contributed by atoms with Crippen molar-refractivity contribution in [2.45, 2.75) is 90.4 Å². The molecule has 3 heterocycles. The van der Waals surface area contributed by atoms with Gasteiger partial charge in [0.05, 0.1) is 30.0 Å². The number of carbonyl (C=O) groups is 1. The van der Waals surface area contributed by atoms with Gasteiger partial charge in [0.25, 0.3) is 0 Å². The van der Waals surface area contributed by atoms with Gasteiger partial charge in [-0.2, -0.15) is 10.4 Å². The van der Waals surface area contributed by atoms with Crippen LogP contribution in [0.3, 0.4) is 0 Å². The Kier molecular flexibility index (Phi) is 4.08. The molecule has 2 bridgehead atoms. The van der Waals surface area contributed by atoms with Crippen molar-refractivity contribution in [3.05, 3.63) is 18.0 Å². The van der Waals surface area contributed by atoms with E-state index in [1.165, 1.54) is 38.5 Å². The topological polar surface area (TPSA) is 67.9 Å². The van der Waals surface area contributed by atoms with Crippen LogP contribution in [0.25, 0.3) is 0 Å². The van der Waals surface area contributed by atoms with Crippen LogP contribution in [0.2, 0.25) is 0 Å². The highest BCUT2D eigenvalue weighted by Crippen LogP contribution is 2.85. The molecule has 0 N–H and O–H groups in total. The van der Waals surface area contributed by atoms with Crippen LogP contribution < -0.4 is 0 Å². The van der Waals surface area contributed by atoms with E-state index >= 15 is 0 Å². The third-order valence-electron chi connectivity index (χ3n) is 12.2. The summed E-state index contributed by atoms with van der Waals surface area (Å²) in [5.41, 5.74) is 1.28. The Morgan fingerprint density at radius 2 is 2.03 bits per heavy atom. The lowest BCUT2D eigenvalue weighted by atomic mass is 9.54. The van der Waals surface area contributed by atoms with Gasteiger partial charge in [-0.25, -0.2) is 0 Å². The maximum absolute atomic E-state index is 13.5. The molecule has 2 saturated heterocycles. The Bertz CT molecular complexity index is 1060. The molecule has 4 aliphatic carbocycles. The van der Waals surface area contributed by atoms with Crippen molar-refractivity contribution in [3.8, 4) is 6.07 Å². The first-order valence-corrected chi connectivity index (χ1v) is 13.5. The van der Waals surface area contributed by atoms with E-state index < -0.39 is 0 Å². The van der Waals surface area contributed by atoms with E-state index in [2.05, 4.69) is 31.9 Å². The summed E-state index contributed by atoms with van der Waals surface area (Å²) in [5.74, 6) is 4.89. The fourth-order valence-corrected chi connectivity index (χ4v) is 10.9. The van der Waals surface area contributed by atoms with E-state index in [4.69, 9.17) is 10.00 Å². The van der Waals surface area contributed by atoms with Gasteiger partial charge >= 0.3 is 0 Å². The molecule has 7 rings (SSSR count). The third kappa shape index (κ3) is 2.32. The third-order valence-corrected chi connectivity index (χ3v) is 12.2. The second-order valence-corrected chi connectivity index (χ2v) is 13.0. The van der Waals surface area contributed by atoms with Crippen molar-refractivity contribution in [1.29, 1.82) is 5.26 Å². The highest BCUT2D eigenvalue weighted by molar-refractivity contribution is 5.82. The number of fused-ring (bicyclic) bond motifs is 5. The summed E-state index contributed by atoms with van der Waals surface area (Å²) in [4.78, 5) is 13.5. The van der Waals surface area contributed by atoms with Crippen molar-refractivity contribution in [3.63, 3.8) is 0 Å². The van der Waals surface area contributed by atoms with Gasteiger partial charge in [-0.1, -0.05) is 27.2 Å². The first kappa shape index (κ1) is 20.7. The Balaban J connectivity index is 1.16. The molecule has 1 aromatic rings. The maximum atomic E-state index is 13.5. The zero-order valence-corrected chi connectivity index (χ0v) is 20.3. The standard InChI is InChI=1S/C28H37N3O2/c1-16-6-9-27-17(2)28(27)21-7-8-26(3)20(19(21)11-25(33-28)23(27)10-16)4-5-22(26)24(32)15-31-14-18(12-29)13-30-31/h13-14,16-17,19-23,25H,4-11,15H2,1-3H3. The molecule has 1 aromatic heterocycles. The first-order valence-electron chi connectivity index (χ1n) is 13.5. The van der Waals surface area contributed by atoms with Crippen molar-refractivity contribution in [1.82, 2.24) is 9.78 Å². The van der Waals surface area contributed by atoms with E-state index in [0.717, 1.165) is 36.5 Å². The summed E-state index contributed by atoms with van der Waals surface area (Å²) >= 11 is 0. The minimum atomic E-state index is 0.112. The summed E-state index contributed by atoms with van der Waals surface area (Å²) in [6.45, 7) is 7.70. The lowest BCUT2D eigenvalue weighted by Crippen LogP contribution is -2.52. The van der Waals surface area contributed by atoms with Gasteiger partial charge in [0.15, 0.2) is 5.78 Å². The summed E-state index contributed by atoms with van der Waals surface area (Å²) in [6.07, 6.45) is 13.7. The van der Waals surface area contributed by atoms with E-state index in [0.29, 0.717) is 41.2 Å². The Labute approximate surface area is 197 Å². The van der Waals surface area contributed by atoms with Crippen molar-refractivity contribution in [2.24, 2.45) is 52.3 Å². The van der Waals surface area contributed by atoms with Gasteiger partial charge in [-0.15, -0.1) is 0 Å². The quantitative estimate of drug-likeness (QED) is 0.654. The zero-order chi connectivity index (χ0) is 22.8. The second-order valence-electron chi connectivity index (χ2n) is 13.0. The van der Waals surface area contributed by atoms with Gasteiger partial charge in [-0.05, 0) is 85.9 Å². The number of hydrogen-bond acceptors (Lipinski definition) is 4. The van der Waals surface area contributed by atoms with E-state index in [9.17, 15) is 4.79 Å². The Morgan fingerprint density at radius 1 is 1.18 bits per heavy atom. The van der Waals surface area contributed by atoms with Crippen LogP contribution in [0.15, 0.2) is 12.4 Å². The number of ether oxygens (including phenoxy) is 1. The highest BCUT2D eigenvalue weighted by Gasteiger charge is 2.88. The minimum absolute atomic E-state index is 0.112. The normalized spacial score (nSPS) is 53.4. The molecule has 6 fully saturated rings. The first-order chi connectivity index (χ1) is 15.8. The molecule has 0 aromatic carbocycles. The number of carbonyl (C=O) groups excluding carboxylic acids is 1. The molecule has 2 aliphatic heterocycles.